The highest BCUT2D eigenvalue weighted by molar-refractivity contribution is 7.91. The Morgan fingerprint density at radius 3 is 2.90 bits per heavy atom. The van der Waals surface area contributed by atoms with Crippen molar-refractivity contribution >= 4 is 26.6 Å². The summed E-state index contributed by atoms with van der Waals surface area (Å²) in [7, 11) is -3.11. The molecular weight excluding hydrogens is 278 g/mol. The third kappa shape index (κ3) is 3.16. The Balaban J connectivity index is 2.14. The lowest BCUT2D eigenvalue weighted by Gasteiger charge is -2.13. The van der Waals surface area contributed by atoms with Gasteiger partial charge in [-0.3, -0.25) is 9.89 Å². The average Bonchev–Trinajstić information content (AvgIpc) is 2.85. The molecule has 0 aliphatic carbocycles. The third-order valence-corrected chi connectivity index (χ3v) is 4.93. The molecule has 0 saturated heterocycles. The Labute approximate surface area is 117 Å². The van der Waals surface area contributed by atoms with Crippen molar-refractivity contribution in [3.63, 3.8) is 0 Å². The van der Waals surface area contributed by atoms with E-state index < -0.39 is 15.9 Å². The highest BCUT2D eigenvalue weighted by Crippen LogP contribution is 2.15. The Bertz CT molecular complexity index is 721. The molecular formula is C13H17N3O3S. The van der Waals surface area contributed by atoms with Crippen LogP contribution in [-0.4, -0.2) is 42.1 Å². The van der Waals surface area contributed by atoms with Crippen LogP contribution in [0.15, 0.2) is 24.4 Å². The van der Waals surface area contributed by atoms with Crippen LogP contribution in [0.1, 0.15) is 24.2 Å². The number of nitrogens with zero attached hydrogens (tertiary/aromatic N) is 1. The highest BCUT2D eigenvalue weighted by Gasteiger charge is 2.18. The molecule has 0 radical (unpaired) electrons. The summed E-state index contributed by atoms with van der Waals surface area (Å²) in [6.45, 7) is 3.27. The number of nitrogens with one attached hydrogen (secondary N) is 2. The van der Waals surface area contributed by atoms with Gasteiger partial charge < -0.3 is 5.32 Å². The number of rotatable bonds is 5. The first-order valence-corrected chi connectivity index (χ1v) is 8.18. The molecule has 0 spiro atoms. The minimum Gasteiger partial charge on any atom is -0.348 e. The maximum Gasteiger partial charge on any atom is 0.253 e. The van der Waals surface area contributed by atoms with Crippen LogP contribution in [0.4, 0.5) is 0 Å². The number of aromatic amines is 1. The molecule has 0 saturated carbocycles. The topological polar surface area (TPSA) is 91.9 Å². The normalized spacial score (nSPS) is 13.3. The van der Waals surface area contributed by atoms with Crippen LogP contribution in [0.3, 0.4) is 0 Å². The second kappa shape index (κ2) is 5.62. The van der Waals surface area contributed by atoms with E-state index in [2.05, 4.69) is 15.5 Å². The number of para-hydroxylation sites is 1. The number of fused-ring (bicyclic) bond motifs is 1. The van der Waals surface area contributed by atoms with E-state index >= 15 is 0 Å². The second-order valence-electron chi connectivity index (χ2n) is 4.71. The molecule has 20 heavy (non-hydrogen) atoms. The lowest BCUT2D eigenvalue weighted by molar-refractivity contribution is 0.0945. The number of sulfone groups is 1. The van der Waals surface area contributed by atoms with E-state index in [4.69, 9.17) is 0 Å². The Morgan fingerprint density at radius 1 is 1.45 bits per heavy atom. The van der Waals surface area contributed by atoms with E-state index in [1.54, 1.807) is 32.2 Å². The molecule has 1 unspecified atom stereocenters. The minimum absolute atomic E-state index is 0.0613. The number of carbonyl (C=O) groups excluding carboxylic acids is 1. The van der Waals surface area contributed by atoms with Crippen LogP contribution >= 0.6 is 0 Å². The lowest BCUT2D eigenvalue weighted by atomic mass is 10.1. The van der Waals surface area contributed by atoms with E-state index in [-0.39, 0.29) is 17.4 Å². The van der Waals surface area contributed by atoms with Gasteiger partial charge in [0.2, 0.25) is 0 Å². The molecule has 2 aromatic rings. The van der Waals surface area contributed by atoms with E-state index in [1.165, 1.54) is 0 Å². The predicted molar refractivity (Wildman–Crippen MR) is 77.3 cm³/mol. The maximum absolute atomic E-state index is 12.2. The molecule has 7 heteroatoms. The van der Waals surface area contributed by atoms with Crippen LogP contribution in [0, 0.1) is 0 Å². The quantitative estimate of drug-likeness (QED) is 0.864. The van der Waals surface area contributed by atoms with Crippen LogP contribution in [0.25, 0.3) is 10.9 Å². The molecule has 0 bridgehead atoms. The molecule has 108 valence electrons. The first kappa shape index (κ1) is 14.5. The van der Waals surface area contributed by atoms with Gasteiger partial charge in [-0.1, -0.05) is 19.1 Å². The van der Waals surface area contributed by atoms with Crippen molar-refractivity contribution in [2.45, 2.75) is 19.9 Å². The minimum atomic E-state index is -3.11. The average molecular weight is 295 g/mol. The zero-order valence-corrected chi connectivity index (χ0v) is 12.2. The highest BCUT2D eigenvalue weighted by atomic mass is 32.2. The summed E-state index contributed by atoms with van der Waals surface area (Å²) in [5, 5.41) is 10.2. The van der Waals surface area contributed by atoms with Gasteiger partial charge in [-0.2, -0.15) is 5.10 Å². The maximum atomic E-state index is 12.2. The number of H-pyrrole nitrogens is 1. The number of benzene rings is 1. The van der Waals surface area contributed by atoms with E-state index in [0.717, 1.165) is 5.39 Å². The van der Waals surface area contributed by atoms with Crippen molar-refractivity contribution in [2.75, 3.05) is 11.5 Å². The van der Waals surface area contributed by atoms with Crippen LogP contribution in [0.2, 0.25) is 0 Å². The molecule has 1 aromatic carbocycles. The standard InChI is InChI=1S/C13H17N3O3S/c1-3-20(18,19)8-9(2)15-13(17)11-6-4-5-10-7-14-16-12(10)11/h4-7,9H,3,8H2,1-2H3,(H,14,16)(H,15,17). The molecule has 2 N–H and O–H groups in total. The smallest absolute Gasteiger partial charge is 0.253 e. The molecule has 0 aliphatic heterocycles. The van der Waals surface area contributed by atoms with Crippen molar-refractivity contribution in [1.29, 1.82) is 0 Å². The van der Waals surface area contributed by atoms with Gasteiger partial charge in [0.25, 0.3) is 5.91 Å². The summed E-state index contributed by atoms with van der Waals surface area (Å²) in [6, 6.07) is 4.85. The van der Waals surface area contributed by atoms with Crippen LogP contribution in [0.5, 0.6) is 0 Å². The fourth-order valence-electron chi connectivity index (χ4n) is 2.00. The van der Waals surface area contributed by atoms with Crippen molar-refractivity contribution in [1.82, 2.24) is 15.5 Å². The van der Waals surface area contributed by atoms with E-state index in [1.807, 2.05) is 6.07 Å². The zero-order chi connectivity index (χ0) is 14.8. The summed E-state index contributed by atoms with van der Waals surface area (Å²) in [4.78, 5) is 12.2. The van der Waals surface area contributed by atoms with Gasteiger partial charge in [-0.25, -0.2) is 8.42 Å². The summed E-state index contributed by atoms with van der Waals surface area (Å²) in [5.41, 5.74) is 1.11. The van der Waals surface area contributed by atoms with Gasteiger partial charge in [-0.05, 0) is 13.0 Å². The SMILES string of the molecule is CCS(=O)(=O)CC(C)NC(=O)c1cccc2cn[nH]c12. The number of carbonyl (C=O) groups is 1. The number of amides is 1. The van der Waals surface area contributed by atoms with E-state index in [9.17, 15) is 13.2 Å². The van der Waals surface area contributed by atoms with E-state index in [0.29, 0.717) is 11.1 Å². The van der Waals surface area contributed by atoms with Gasteiger partial charge >= 0.3 is 0 Å². The molecule has 1 aromatic heterocycles. The first-order valence-electron chi connectivity index (χ1n) is 6.36. The molecule has 6 nitrogen and oxygen atoms in total. The van der Waals surface area contributed by atoms with Gasteiger partial charge in [-0.15, -0.1) is 0 Å². The van der Waals surface area contributed by atoms with Crippen LogP contribution in [-0.2, 0) is 9.84 Å². The van der Waals surface area contributed by atoms with Crippen molar-refractivity contribution in [3.8, 4) is 0 Å². The molecule has 0 fully saturated rings. The molecule has 2 rings (SSSR count). The van der Waals surface area contributed by atoms with Gasteiger partial charge in [0.15, 0.2) is 9.84 Å². The van der Waals surface area contributed by atoms with Crippen molar-refractivity contribution < 1.29 is 13.2 Å². The summed E-state index contributed by atoms with van der Waals surface area (Å²) < 4.78 is 23.1. The zero-order valence-electron chi connectivity index (χ0n) is 11.4. The summed E-state index contributed by atoms with van der Waals surface area (Å²) in [6.07, 6.45) is 1.64. The van der Waals surface area contributed by atoms with Gasteiger partial charge in [0, 0.05) is 17.2 Å². The second-order valence-corrected chi connectivity index (χ2v) is 7.11. The largest absolute Gasteiger partial charge is 0.348 e. The Kier molecular flexibility index (Phi) is 4.08. The molecule has 1 atom stereocenters. The number of hydrogen-bond acceptors (Lipinski definition) is 4. The Morgan fingerprint density at radius 2 is 2.20 bits per heavy atom. The van der Waals surface area contributed by atoms with Crippen molar-refractivity contribution in [2.24, 2.45) is 0 Å². The van der Waals surface area contributed by atoms with Gasteiger partial charge in [0.05, 0.1) is 23.0 Å². The van der Waals surface area contributed by atoms with Gasteiger partial charge in [0.1, 0.15) is 0 Å². The third-order valence-electron chi connectivity index (χ3n) is 3.04. The fraction of sp³-hybridized carbons (Fsp3) is 0.385. The lowest BCUT2D eigenvalue weighted by Crippen LogP contribution is -2.38. The van der Waals surface area contributed by atoms with Crippen molar-refractivity contribution in [3.05, 3.63) is 30.0 Å². The first-order chi connectivity index (χ1) is 9.43. The predicted octanol–water partition coefficient (Wildman–Crippen LogP) is 1.12. The Hall–Kier alpha value is -1.89. The monoisotopic (exact) mass is 295 g/mol. The summed E-state index contributed by atoms with van der Waals surface area (Å²) in [5.74, 6) is -0.295. The number of hydrogen-bond donors (Lipinski definition) is 2. The summed E-state index contributed by atoms with van der Waals surface area (Å²) >= 11 is 0. The molecule has 1 heterocycles. The number of aromatic nitrogens is 2. The van der Waals surface area contributed by atoms with Crippen LogP contribution < -0.4 is 5.32 Å². The molecule has 1 amide bonds. The molecule has 0 aliphatic rings. The fourth-order valence-corrected chi connectivity index (χ4v) is 3.08.